The molecule has 6 nitrogen and oxygen atoms in total. The van der Waals surface area contributed by atoms with Crippen LogP contribution >= 0.6 is 0 Å². The topological polar surface area (TPSA) is 85.4 Å². The summed E-state index contributed by atoms with van der Waals surface area (Å²) in [5.74, 6) is -0.542. The van der Waals surface area contributed by atoms with Crippen LogP contribution in [0.25, 0.3) is 10.9 Å². The molecule has 0 fully saturated rings. The molecule has 1 aliphatic rings. The van der Waals surface area contributed by atoms with Crippen LogP contribution in [-0.2, 0) is 11.2 Å². The van der Waals surface area contributed by atoms with Gasteiger partial charge in [-0.15, -0.1) is 0 Å². The van der Waals surface area contributed by atoms with Crippen LogP contribution in [0.3, 0.4) is 0 Å². The van der Waals surface area contributed by atoms with Crippen molar-refractivity contribution in [3.8, 4) is 0 Å². The van der Waals surface area contributed by atoms with Gasteiger partial charge in [0, 0.05) is 18.0 Å². The molecular weight excluding hydrogens is 366 g/mol. The Balaban J connectivity index is 1.61. The normalized spacial score (nSPS) is 19.0. The van der Waals surface area contributed by atoms with Crippen molar-refractivity contribution in [3.05, 3.63) is 71.4 Å². The van der Waals surface area contributed by atoms with Crippen molar-refractivity contribution < 1.29 is 14.7 Å². The maximum Gasteiger partial charge on any atom is 0.268 e. The molecule has 150 valence electrons. The quantitative estimate of drug-likeness (QED) is 0.625. The lowest BCUT2D eigenvalue weighted by atomic mass is 10.0. The van der Waals surface area contributed by atoms with E-state index in [-0.39, 0.29) is 23.9 Å². The summed E-state index contributed by atoms with van der Waals surface area (Å²) in [5, 5.41) is 14.1. The molecule has 0 saturated heterocycles. The second-order valence-electron chi connectivity index (χ2n) is 7.57. The van der Waals surface area contributed by atoms with Gasteiger partial charge in [0.25, 0.3) is 11.8 Å². The molecule has 4 rings (SSSR count). The van der Waals surface area contributed by atoms with Crippen molar-refractivity contribution in [2.75, 3.05) is 7.05 Å². The fourth-order valence-corrected chi connectivity index (χ4v) is 4.17. The van der Waals surface area contributed by atoms with Crippen molar-refractivity contribution in [1.29, 1.82) is 0 Å². The number of H-pyrrole nitrogens is 1. The van der Waals surface area contributed by atoms with Gasteiger partial charge in [-0.1, -0.05) is 49.4 Å². The fraction of sp³-hybridized carbons (Fsp3) is 0.304. The van der Waals surface area contributed by atoms with Crippen molar-refractivity contribution in [1.82, 2.24) is 15.2 Å². The number of hydrogen-bond acceptors (Lipinski definition) is 3. The van der Waals surface area contributed by atoms with Crippen LogP contribution in [-0.4, -0.2) is 46.0 Å². The highest BCUT2D eigenvalue weighted by molar-refractivity contribution is 5.98. The molecule has 0 aliphatic heterocycles. The number of fused-ring (bicyclic) bond motifs is 2. The molecule has 1 aromatic heterocycles. The third-order valence-corrected chi connectivity index (χ3v) is 5.72. The van der Waals surface area contributed by atoms with E-state index in [1.807, 2.05) is 54.6 Å². The minimum atomic E-state index is -1.04. The summed E-state index contributed by atoms with van der Waals surface area (Å²) in [5.41, 5.74) is 3.50. The van der Waals surface area contributed by atoms with Gasteiger partial charge in [-0.05, 0) is 36.1 Å². The third kappa shape index (κ3) is 3.51. The van der Waals surface area contributed by atoms with Crippen LogP contribution in [0.2, 0.25) is 0 Å². The third-order valence-electron chi connectivity index (χ3n) is 5.72. The number of likely N-dealkylation sites (N-methyl/N-ethyl adjacent to an activating group) is 1. The van der Waals surface area contributed by atoms with Crippen LogP contribution in [0.5, 0.6) is 0 Å². The van der Waals surface area contributed by atoms with Crippen molar-refractivity contribution >= 4 is 22.7 Å². The monoisotopic (exact) mass is 391 g/mol. The predicted molar refractivity (Wildman–Crippen MR) is 112 cm³/mol. The van der Waals surface area contributed by atoms with Gasteiger partial charge in [-0.25, -0.2) is 0 Å². The van der Waals surface area contributed by atoms with Crippen molar-refractivity contribution in [2.45, 2.75) is 38.0 Å². The number of hydrogen-bond donors (Lipinski definition) is 3. The van der Waals surface area contributed by atoms with Crippen LogP contribution < -0.4 is 5.32 Å². The SMILES string of the molecule is CC[C@H](O)C(=O)N(C)[C@H]1c2ccccc2C[C@H]1NC(=O)c1cc2ccccc2[nH]1. The number of para-hydroxylation sites is 1. The van der Waals surface area contributed by atoms with E-state index in [1.54, 1.807) is 18.9 Å². The Hall–Kier alpha value is -3.12. The molecule has 29 heavy (non-hydrogen) atoms. The first kappa shape index (κ1) is 19.2. The summed E-state index contributed by atoms with van der Waals surface area (Å²) < 4.78 is 0. The summed E-state index contributed by atoms with van der Waals surface area (Å²) in [6, 6.07) is 16.9. The van der Waals surface area contributed by atoms with Crippen molar-refractivity contribution in [2.24, 2.45) is 0 Å². The zero-order valence-electron chi connectivity index (χ0n) is 16.6. The van der Waals surface area contributed by atoms with Gasteiger partial charge < -0.3 is 20.3 Å². The first-order valence-corrected chi connectivity index (χ1v) is 9.90. The smallest absolute Gasteiger partial charge is 0.268 e. The Labute approximate surface area is 169 Å². The highest BCUT2D eigenvalue weighted by Crippen LogP contribution is 2.36. The second-order valence-corrected chi connectivity index (χ2v) is 7.57. The predicted octanol–water partition coefficient (Wildman–Crippen LogP) is 2.79. The summed E-state index contributed by atoms with van der Waals surface area (Å²) in [6.45, 7) is 1.77. The molecule has 0 unspecified atom stereocenters. The molecule has 0 spiro atoms. The molecular formula is C23H25N3O3. The van der Waals surface area contributed by atoms with Gasteiger partial charge in [0.15, 0.2) is 0 Å². The van der Waals surface area contributed by atoms with Gasteiger partial charge in [-0.2, -0.15) is 0 Å². The molecule has 3 N–H and O–H groups in total. The van der Waals surface area contributed by atoms with Gasteiger partial charge in [0.2, 0.25) is 0 Å². The number of aliphatic hydroxyl groups excluding tert-OH is 1. The summed E-state index contributed by atoms with van der Waals surface area (Å²) in [7, 11) is 1.69. The number of aromatic amines is 1. The molecule has 6 heteroatoms. The number of nitrogens with zero attached hydrogens (tertiary/aromatic N) is 1. The lowest BCUT2D eigenvalue weighted by Gasteiger charge is -2.32. The molecule has 0 radical (unpaired) electrons. The molecule has 3 aromatic rings. The number of amides is 2. The molecule has 1 aliphatic carbocycles. The average Bonchev–Trinajstić information content (AvgIpc) is 3.33. The Morgan fingerprint density at radius 1 is 1.21 bits per heavy atom. The minimum absolute atomic E-state index is 0.208. The van der Waals surface area contributed by atoms with Gasteiger partial charge >= 0.3 is 0 Å². The Bertz CT molecular complexity index is 1030. The molecule has 0 saturated carbocycles. The Morgan fingerprint density at radius 3 is 2.69 bits per heavy atom. The van der Waals surface area contributed by atoms with Crippen LogP contribution in [0, 0.1) is 0 Å². The van der Waals surface area contributed by atoms with E-state index < -0.39 is 6.10 Å². The molecule has 0 bridgehead atoms. The molecule has 2 aromatic carbocycles. The van der Waals surface area contributed by atoms with Crippen molar-refractivity contribution in [3.63, 3.8) is 0 Å². The maximum atomic E-state index is 13.0. The minimum Gasteiger partial charge on any atom is -0.383 e. The lowest BCUT2D eigenvalue weighted by molar-refractivity contribution is -0.141. The largest absolute Gasteiger partial charge is 0.383 e. The number of aliphatic hydroxyl groups is 1. The first-order chi connectivity index (χ1) is 14.0. The number of benzene rings is 2. The molecule has 2 amide bonds. The van der Waals surface area contributed by atoms with E-state index in [0.29, 0.717) is 18.5 Å². The Kier molecular flexibility index (Phi) is 5.11. The van der Waals surface area contributed by atoms with E-state index in [4.69, 9.17) is 0 Å². The second kappa shape index (κ2) is 7.72. The number of rotatable bonds is 5. The summed E-state index contributed by atoms with van der Waals surface area (Å²) >= 11 is 0. The first-order valence-electron chi connectivity index (χ1n) is 9.90. The summed E-state index contributed by atoms with van der Waals surface area (Å²) in [4.78, 5) is 30.3. The molecule has 3 atom stereocenters. The van der Waals surface area contributed by atoms with Crippen LogP contribution in [0.1, 0.15) is 41.0 Å². The maximum absolute atomic E-state index is 13.0. The molecule has 1 heterocycles. The van der Waals surface area contributed by atoms with Gasteiger partial charge in [0.1, 0.15) is 11.8 Å². The number of nitrogens with one attached hydrogen (secondary N) is 2. The van der Waals surface area contributed by atoms with Crippen LogP contribution in [0.4, 0.5) is 0 Å². The number of carbonyl (C=O) groups excluding carboxylic acids is 2. The lowest BCUT2D eigenvalue weighted by Crippen LogP contribution is -2.47. The van der Waals surface area contributed by atoms with E-state index in [0.717, 1.165) is 22.0 Å². The van der Waals surface area contributed by atoms with Crippen LogP contribution in [0.15, 0.2) is 54.6 Å². The standard InChI is InChI=1S/C23H25N3O3/c1-3-20(27)23(29)26(2)21-16-10-6-4-8-14(16)12-18(21)25-22(28)19-13-15-9-5-7-11-17(15)24-19/h4-11,13,18,20-21,24,27H,3,12H2,1-2H3,(H,25,28)/t18-,20+,21+/m1/s1. The zero-order valence-corrected chi connectivity index (χ0v) is 16.6. The van der Waals surface area contributed by atoms with Gasteiger partial charge in [-0.3, -0.25) is 9.59 Å². The number of aromatic nitrogens is 1. The zero-order chi connectivity index (χ0) is 20.5. The van der Waals surface area contributed by atoms with E-state index in [2.05, 4.69) is 10.3 Å². The Morgan fingerprint density at radius 2 is 1.93 bits per heavy atom. The average molecular weight is 391 g/mol. The fourth-order valence-electron chi connectivity index (χ4n) is 4.17. The van der Waals surface area contributed by atoms with E-state index in [9.17, 15) is 14.7 Å². The highest BCUT2D eigenvalue weighted by Gasteiger charge is 2.39. The van der Waals surface area contributed by atoms with Gasteiger partial charge in [0.05, 0.1) is 12.1 Å². The summed E-state index contributed by atoms with van der Waals surface area (Å²) in [6.07, 6.45) is -0.0613. The van der Waals surface area contributed by atoms with E-state index in [1.165, 1.54) is 0 Å². The highest BCUT2D eigenvalue weighted by atomic mass is 16.3. The number of carbonyl (C=O) groups is 2. The van der Waals surface area contributed by atoms with E-state index >= 15 is 0 Å².